The predicted molar refractivity (Wildman–Crippen MR) is 125 cm³/mol. The van der Waals surface area contributed by atoms with E-state index in [4.69, 9.17) is 0 Å². The summed E-state index contributed by atoms with van der Waals surface area (Å²) < 4.78 is 0. The number of hydrogen-bond donors (Lipinski definition) is 1. The van der Waals surface area contributed by atoms with Gasteiger partial charge in [-0.2, -0.15) is 0 Å². The normalized spacial score (nSPS) is 19.5. The summed E-state index contributed by atoms with van der Waals surface area (Å²) in [7, 11) is 6.05. The first-order chi connectivity index (χ1) is 14.5. The largest absolute Gasteiger partial charge is 0.393 e. The van der Waals surface area contributed by atoms with Gasteiger partial charge in [0, 0.05) is 62.6 Å². The van der Waals surface area contributed by atoms with Crippen LogP contribution in [0, 0.1) is 5.92 Å². The fourth-order valence-electron chi connectivity index (χ4n) is 4.26. The molecule has 0 aliphatic carbocycles. The van der Waals surface area contributed by atoms with Crippen molar-refractivity contribution in [1.29, 1.82) is 0 Å². The van der Waals surface area contributed by atoms with Gasteiger partial charge in [-0.05, 0) is 70.6 Å². The van der Waals surface area contributed by atoms with Crippen molar-refractivity contribution in [2.75, 3.05) is 50.6 Å². The van der Waals surface area contributed by atoms with Crippen LogP contribution in [0.4, 0.5) is 11.4 Å². The summed E-state index contributed by atoms with van der Waals surface area (Å²) in [6.45, 7) is 7.94. The Morgan fingerprint density at radius 2 is 2.07 bits per heavy atom. The van der Waals surface area contributed by atoms with Crippen molar-refractivity contribution >= 4 is 17.3 Å². The molecule has 1 atom stereocenters. The third-order valence-corrected chi connectivity index (χ3v) is 6.05. The Morgan fingerprint density at radius 3 is 2.73 bits per heavy atom. The van der Waals surface area contributed by atoms with Gasteiger partial charge in [-0.15, -0.1) is 0 Å². The van der Waals surface area contributed by atoms with Gasteiger partial charge in [0.15, 0.2) is 0 Å². The van der Waals surface area contributed by atoms with Crippen molar-refractivity contribution in [1.82, 2.24) is 15.1 Å². The molecule has 1 saturated heterocycles. The molecule has 2 aliphatic heterocycles. The van der Waals surface area contributed by atoms with E-state index in [2.05, 4.69) is 78.6 Å². The van der Waals surface area contributed by atoms with Gasteiger partial charge in [-0.25, -0.2) is 0 Å². The molecular weight excluding hydrogens is 374 g/mol. The standard InChI is InChI=1S/C24H37N5O/c1-6-21-18-27(7-2)17-20-16-22(8-9-23(20)28(21)15-12-25-3)29-14-11-19(24(29)30)10-13-26(4)5/h8-9,12,15-16,18-19,25H,6-7,10-11,13-14,17H2,1-5H3/b15-12-. The molecule has 0 bridgehead atoms. The molecule has 1 amide bonds. The van der Waals surface area contributed by atoms with Crippen molar-refractivity contribution in [3.63, 3.8) is 0 Å². The number of rotatable bonds is 8. The van der Waals surface area contributed by atoms with E-state index in [0.29, 0.717) is 0 Å². The molecule has 1 aromatic rings. The third kappa shape index (κ3) is 4.81. The van der Waals surface area contributed by atoms with Crippen molar-refractivity contribution in [3.05, 3.63) is 48.1 Å². The average molecular weight is 412 g/mol. The van der Waals surface area contributed by atoms with Crippen molar-refractivity contribution in [2.45, 2.75) is 39.7 Å². The maximum absolute atomic E-state index is 13.0. The van der Waals surface area contributed by atoms with Crippen molar-refractivity contribution < 1.29 is 4.79 Å². The molecule has 0 aromatic heterocycles. The van der Waals surface area contributed by atoms with Gasteiger partial charge in [0.2, 0.25) is 5.91 Å². The zero-order valence-corrected chi connectivity index (χ0v) is 19.2. The van der Waals surface area contributed by atoms with Gasteiger partial charge in [-0.1, -0.05) is 6.92 Å². The lowest BCUT2D eigenvalue weighted by Crippen LogP contribution is -2.28. The van der Waals surface area contributed by atoms with Crippen LogP contribution in [0.2, 0.25) is 0 Å². The summed E-state index contributed by atoms with van der Waals surface area (Å²) >= 11 is 0. The van der Waals surface area contributed by atoms with Crippen LogP contribution < -0.4 is 15.1 Å². The number of nitrogens with zero attached hydrogens (tertiary/aromatic N) is 4. The zero-order chi connectivity index (χ0) is 21.7. The highest BCUT2D eigenvalue weighted by Gasteiger charge is 2.32. The number of carbonyl (C=O) groups is 1. The fourth-order valence-corrected chi connectivity index (χ4v) is 4.26. The summed E-state index contributed by atoms with van der Waals surface area (Å²) in [4.78, 5) is 21.8. The van der Waals surface area contributed by atoms with Crippen LogP contribution in [-0.2, 0) is 11.3 Å². The number of allylic oxidation sites excluding steroid dienone is 1. The van der Waals surface area contributed by atoms with Gasteiger partial charge < -0.3 is 24.9 Å². The molecule has 2 heterocycles. The predicted octanol–water partition coefficient (Wildman–Crippen LogP) is 3.58. The lowest BCUT2D eigenvalue weighted by Gasteiger charge is -2.25. The Hall–Kier alpha value is -2.47. The molecule has 6 nitrogen and oxygen atoms in total. The molecular formula is C24H37N5O. The molecule has 1 fully saturated rings. The molecule has 2 aliphatic rings. The molecule has 6 heteroatoms. The van der Waals surface area contributed by atoms with E-state index < -0.39 is 0 Å². The highest BCUT2D eigenvalue weighted by atomic mass is 16.2. The molecule has 1 unspecified atom stereocenters. The number of hydrogen-bond acceptors (Lipinski definition) is 5. The Labute approximate surface area is 181 Å². The molecule has 1 aromatic carbocycles. The molecule has 3 rings (SSSR count). The Balaban J connectivity index is 1.90. The van der Waals surface area contributed by atoms with E-state index in [-0.39, 0.29) is 11.8 Å². The van der Waals surface area contributed by atoms with Crippen LogP contribution in [0.5, 0.6) is 0 Å². The third-order valence-electron chi connectivity index (χ3n) is 6.05. The van der Waals surface area contributed by atoms with Crippen LogP contribution in [0.1, 0.15) is 38.7 Å². The number of anilines is 2. The van der Waals surface area contributed by atoms with Crippen LogP contribution in [0.3, 0.4) is 0 Å². The summed E-state index contributed by atoms with van der Waals surface area (Å²) in [5.74, 6) is 0.416. The number of fused-ring (bicyclic) bond motifs is 1. The molecule has 0 radical (unpaired) electrons. The zero-order valence-electron chi connectivity index (χ0n) is 19.2. The smallest absolute Gasteiger partial charge is 0.230 e. The maximum Gasteiger partial charge on any atom is 0.230 e. The summed E-state index contributed by atoms with van der Waals surface area (Å²) in [5.41, 5.74) is 4.72. The van der Waals surface area contributed by atoms with Crippen molar-refractivity contribution in [3.8, 4) is 0 Å². The SMILES string of the molecule is CCC1=CN(CC)Cc2cc(N3CCC(CCN(C)C)C3=O)ccc2N1/C=C\NC. The van der Waals surface area contributed by atoms with E-state index in [1.165, 1.54) is 16.9 Å². The van der Waals surface area contributed by atoms with E-state index in [9.17, 15) is 4.79 Å². The Kier molecular flexibility index (Phi) is 7.43. The van der Waals surface area contributed by atoms with Crippen LogP contribution in [0.15, 0.2) is 42.5 Å². The number of benzene rings is 1. The first-order valence-corrected chi connectivity index (χ1v) is 11.1. The molecule has 0 spiro atoms. The second-order valence-corrected chi connectivity index (χ2v) is 8.39. The second kappa shape index (κ2) is 10.0. The van der Waals surface area contributed by atoms with Gasteiger partial charge >= 0.3 is 0 Å². The Morgan fingerprint density at radius 1 is 1.27 bits per heavy atom. The second-order valence-electron chi connectivity index (χ2n) is 8.39. The van der Waals surface area contributed by atoms with Gasteiger partial charge in [0.05, 0.1) is 5.69 Å². The van der Waals surface area contributed by atoms with Crippen LogP contribution in [-0.4, -0.2) is 56.5 Å². The number of amides is 1. The van der Waals surface area contributed by atoms with E-state index in [1.807, 2.05) is 18.1 Å². The van der Waals surface area contributed by atoms with E-state index in [0.717, 1.165) is 51.1 Å². The van der Waals surface area contributed by atoms with Gasteiger partial charge in [0.25, 0.3) is 0 Å². The highest BCUT2D eigenvalue weighted by Crippen LogP contribution is 2.35. The minimum atomic E-state index is 0.141. The highest BCUT2D eigenvalue weighted by molar-refractivity contribution is 5.97. The van der Waals surface area contributed by atoms with Crippen molar-refractivity contribution in [2.24, 2.45) is 5.92 Å². The summed E-state index contributed by atoms with van der Waals surface area (Å²) in [6, 6.07) is 6.50. The quantitative estimate of drug-likeness (QED) is 0.708. The number of carbonyl (C=O) groups excluding carboxylic acids is 1. The van der Waals surface area contributed by atoms with E-state index >= 15 is 0 Å². The maximum atomic E-state index is 13.0. The first-order valence-electron chi connectivity index (χ1n) is 11.1. The molecule has 164 valence electrons. The lowest BCUT2D eigenvalue weighted by atomic mass is 10.0. The average Bonchev–Trinajstić information content (AvgIpc) is 3.03. The lowest BCUT2D eigenvalue weighted by molar-refractivity contribution is -0.120. The first kappa shape index (κ1) is 22.2. The van der Waals surface area contributed by atoms with Gasteiger partial charge in [0.1, 0.15) is 0 Å². The van der Waals surface area contributed by atoms with Crippen LogP contribution in [0.25, 0.3) is 0 Å². The Bertz CT molecular complexity index is 801. The van der Waals surface area contributed by atoms with Crippen LogP contribution >= 0.6 is 0 Å². The minimum Gasteiger partial charge on any atom is -0.393 e. The van der Waals surface area contributed by atoms with Gasteiger partial charge in [-0.3, -0.25) is 4.79 Å². The molecule has 1 N–H and O–H groups in total. The minimum absolute atomic E-state index is 0.141. The number of nitrogens with one attached hydrogen (secondary N) is 1. The fraction of sp³-hybridized carbons (Fsp3) is 0.542. The topological polar surface area (TPSA) is 42.1 Å². The summed E-state index contributed by atoms with van der Waals surface area (Å²) in [5, 5.41) is 3.10. The molecule has 0 saturated carbocycles. The summed E-state index contributed by atoms with van der Waals surface area (Å²) in [6.07, 6.45) is 9.14. The monoisotopic (exact) mass is 411 g/mol. The van der Waals surface area contributed by atoms with E-state index in [1.54, 1.807) is 0 Å². The molecule has 30 heavy (non-hydrogen) atoms.